The fourth-order valence-corrected chi connectivity index (χ4v) is 1.94. The molecule has 2 amide bonds. The van der Waals surface area contributed by atoms with Crippen LogP contribution in [-0.2, 0) is 0 Å². The molecule has 1 unspecified atom stereocenters. The molecule has 0 spiro atoms. The first kappa shape index (κ1) is 11.8. The highest BCUT2D eigenvalue weighted by atomic mass is 19.4. The Morgan fingerprint density at radius 3 is 2.59 bits per heavy atom. The maximum Gasteiger partial charge on any atom is 0.413 e. The van der Waals surface area contributed by atoms with E-state index in [1.54, 1.807) is 13.0 Å². The molecule has 1 N–H and O–H groups in total. The van der Waals surface area contributed by atoms with Crippen LogP contribution in [-0.4, -0.2) is 18.8 Å². The summed E-state index contributed by atoms with van der Waals surface area (Å²) in [5, 5.41) is 1.98. The minimum absolute atomic E-state index is 0.0847. The van der Waals surface area contributed by atoms with Crippen LogP contribution in [0.2, 0.25) is 0 Å². The molecule has 0 saturated heterocycles. The van der Waals surface area contributed by atoms with Crippen molar-refractivity contribution in [1.82, 2.24) is 5.32 Å². The number of nitrogens with zero attached hydrogens (tertiary/aromatic N) is 1. The molecule has 0 fully saturated rings. The summed E-state index contributed by atoms with van der Waals surface area (Å²) in [6, 6.07) is 3.42. The molecule has 0 aromatic heterocycles. The Labute approximate surface area is 96.2 Å². The normalized spacial score (nSPS) is 19.9. The van der Waals surface area contributed by atoms with Crippen molar-refractivity contribution >= 4 is 11.7 Å². The molecule has 0 saturated carbocycles. The zero-order valence-corrected chi connectivity index (χ0v) is 9.08. The van der Waals surface area contributed by atoms with Gasteiger partial charge in [0.1, 0.15) is 0 Å². The summed E-state index contributed by atoms with van der Waals surface area (Å²) in [4.78, 5) is 12.8. The van der Waals surface area contributed by atoms with Gasteiger partial charge in [0.25, 0.3) is 0 Å². The molecule has 0 bridgehead atoms. The Kier molecular flexibility index (Phi) is 2.73. The predicted molar refractivity (Wildman–Crippen MR) is 56.8 cm³/mol. The number of benzene rings is 1. The number of carbonyl (C=O) groups is 1. The van der Waals surface area contributed by atoms with Crippen molar-refractivity contribution in [1.29, 1.82) is 0 Å². The van der Waals surface area contributed by atoms with E-state index in [-0.39, 0.29) is 5.56 Å². The van der Waals surface area contributed by atoms with Gasteiger partial charge in [0, 0.05) is 12.1 Å². The number of para-hydroxylation sites is 1. The number of alkyl halides is 3. The Morgan fingerprint density at radius 1 is 1.35 bits per heavy atom. The minimum atomic E-state index is -4.48. The molecule has 1 aliphatic rings. The molecule has 0 aliphatic carbocycles. The number of anilines is 1. The van der Waals surface area contributed by atoms with Crippen LogP contribution in [0.1, 0.15) is 18.5 Å². The number of carbonyl (C=O) groups excluding carboxylic acids is 1. The van der Waals surface area contributed by atoms with E-state index in [1.165, 1.54) is 23.1 Å². The van der Waals surface area contributed by atoms with Gasteiger partial charge in [-0.1, -0.05) is 18.2 Å². The summed E-state index contributed by atoms with van der Waals surface area (Å²) in [6.45, 7) is 2.04. The summed E-state index contributed by atoms with van der Waals surface area (Å²) in [6.07, 6.45) is -4.48. The number of rotatable bonds is 1. The zero-order valence-electron chi connectivity index (χ0n) is 9.08. The standard InChI is InChI=1S/C11H11F3N2O/c1-2-16-8-6-4-3-5-7(8)9(11(12,13)14)15-10(16)17/h3-6,9H,2H2,1H3,(H,15,17). The van der Waals surface area contributed by atoms with Crippen LogP contribution in [0.3, 0.4) is 0 Å². The Morgan fingerprint density at radius 2 is 2.00 bits per heavy atom. The summed E-state index contributed by atoms with van der Waals surface area (Å²) in [5.74, 6) is 0. The van der Waals surface area contributed by atoms with E-state index >= 15 is 0 Å². The largest absolute Gasteiger partial charge is 0.413 e. The zero-order chi connectivity index (χ0) is 12.6. The molecule has 1 aromatic carbocycles. The second-order valence-electron chi connectivity index (χ2n) is 3.73. The van der Waals surface area contributed by atoms with Gasteiger partial charge in [-0.3, -0.25) is 4.90 Å². The average Bonchev–Trinajstić information content (AvgIpc) is 2.27. The topological polar surface area (TPSA) is 32.3 Å². The van der Waals surface area contributed by atoms with Gasteiger partial charge < -0.3 is 5.32 Å². The lowest BCUT2D eigenvalue weighted by atomic mass is 10.0. The molecule has 1 aliphatic heterocycles. The van der Waals surface area contributed by atoms with E-state index in [9.17, 15) is 18.0 Å². The summed E-state index contributed by atoms with van der Waals surface area (Å²) in [5.41, 5.74) is 0.405. The summed E-state index contributed by atoms with van der Waals surface area (Å²) < 4.78 is 38.4. The average molecular weight is 244 g/mol. The van der Waals surface area contributed by atoms with Gasteiger partial charge >= 0.3 is 12.2 Å². The monoisotopic (exact) mass is 244 g/mol. The number of hydrogen-bond donors (Lipinski definition) is 1. The molecule has 6 heteroatoms. The number of halogens is 3. The van der Waals surface area contributed by atoms with Crippen molar-refractivity contribution < 1.29 is 18.0 Å². The van der Waals surface area contributed by atoms with Crippen LogP contribution in [0.25, 0.3) is 0 Å². The first-order chi connectivity index (χ1) is 7.95. The van der Waals surface area contributed by atoms with Crippen LogP contribution < -0.4 is 10.2 Å². The fourth-order valence-electron chi connectivity index (χ4n) is 1.94. The molecule has 1 aromatic rings. The lowest BCUT2D eigenvalue weighted by Crippen LogP contribution is -2.50. The Balaban J connectivity index is 2.53. The lowest BCUT2D eigenvalue weighted by Gasteiger charge is -2.35. The van der Waals surface area contributed by atoms with Crippen LogP contribution in [0.4, 0.5) is 23.7 Å². The Bertz CT molecular complexity index is 445. The van der Waals surface area contributed by atoms with Gasteiger partial charge in [-0.25, -0.2) is 4.79 Å². The van der Waals surface area contributed by atoms with Gasteiger partial charge in [0.05, 0.1) is 5.69 Å². The molecule has 1 heterocycles. The SMILES string of the molecule is CCN1C(=O)NC(C(F)(F)F)c2ccccc21. The second-order valence-corrected chi connectivity index (χ2v) is 3.73. The number of amides is 2. The second kappa shape index (κ2) is 3.94. The van der Waals surface area contributed by atoms with E-state index in [0.717, 1.165) is 0 Å². The van der Waals surface area contributed by atoms with Gasteiger partial charge in [0.2, 0.25) is 0 Å². The van der Waals surface area contributed by atoms with Crippen molar-refractivity contribution in [3.8, 4) is 0 Å². The summed E-state index contributed by atoms with van der Waals surface area (Å²) in [7, 11) is 0. The molecule has 0 radical (unpaired) electrons. The molecule has 1 atom stereocenters. The van der Waals surface area contributed by atoms with Gasteiger partial charge in [0.15, 0.2) is 6.04 Å². The number of nitrogens with one attached hydrogen (secondary N) is 1. The Hall–Kier alpha value is -1.72. The number of fused-ring (bicyclic) bond motifs is 1. The van der Waals surface area contributed by atoms with E-state index in [1.807, 2.05) is 5.32 Å². The first-order valence-electron chi connectivity index (χ1n) is 5.18. The van der Waals surface area contributed by atoms with Crippen molar-refractivity contribution in [2.24, 2.45) is 0 Å². The van der Waals surface area contributed by atoms with Gasteiger partial charge in [-0.15, -0.1) is 0 Å². The molecule has 92 valence electrons. The van der Waals surface area contributed by atoms with Crippen LogP contribution in [0.15, 0.2) is 24.3 Å². The molecule has 3 nitrogen and oxygen atoms in total. The third-order valence-electron chi connectivity index (χ3n) is 2.70. The molecule has 2 rings (SSSR count). The van der Waals surface area contributed by atoms with Crippen LogP contribution >= 0.6 is 0 Å². The molecular weight excluding hydrogens is 233 g/mol. The number of urea groups is 1. The van der Waals surface area contributed by atoms with Crippen molar-refractivity contribution in [2.45, 2.75) is 19.1 Å². The molecule has 17 heavy (non-hydrogen) atoms. The summed E-state index contributed by atoms with van der Waals surface area (Å²) >= 11 is 0. The highest BCUT2D eigenvalue weighted by Crippen LogP contribution is 2.40. The number of hydrogen-bond acceptors (Lipinski definition) is 1. The first-order valence-corrected chi connectivity index (χ1v) is 5.18. The minimum Gasteiger partial charge on any atom is -0.322 e. The van der Waals surface area contributed by atoms with Crippen molar-refractivity contribution in [2.75, 3.05) is 11.4 Å². The van der Waals surface area contributed by atoms with Crippen molar-refractivity contribution in [3.63, 3.8) is 0 Å². The predicted octanol–water partition coefficient (Wildman–Crippen LogP) is 2.84. The van der Waals surface area contributed by atoms with Gasteiger partial charge in [-0.05, 0) is 13.0 Å². The smallest absolute Gasteiger partial charge is 0.322 e. The van der Waals surface area contributed by atoms with Crippen LogP contribution in [0.5, 0.6) is 0 Å². The van der Waals surface area contributed by atoms with E-state index in [2.05, 4.69) is 0 Å². The van der Waals surface area contributed by atoms with Crippen LogP contribution in [0, 0.1) is 0 Å². The van der Waals surface area contributed by atoms with E-state index < -0.39 is 18.2 Å². The van der Waals surface area contributed by atoms with Gasteiger partial charge in [-0.2, -0.15) is 13.2 Å². The lowest BCUT2D eigenvalue weighted by molar-refractivity contribution is -0.155. The van der Waals surface area contributed by atoms with Crippen molar-refractivity contribution in [3.05, 3.63) is 29.8 Å². The maximum atomic E-state index is 12.8. The van der Waals surface area contributed by atoms with E-state index in [0.29, 0.717) is 12.2 Å². The maximum absolute atomic E-state index is 12.8. The molecular formula is C11H11F3N2O. The van der Waals surface area contributed by atoms with E-state index in [4.69, 9.17) is 0 Å². The fraction of sp³-hybridized carbons (Fsp3) is 0.364. The third kappa shape index (κ3) is 1.94. The highest BCUT2D eigenvalue weighted by Gasteiger charge is 2.46. The highest BCUT2D eigenvalue weighted by molar-refractivity contribution is 5.95. The third-order valence-corrected chi connectivity index (χ3v) is 2.70. The quantitative estimate of drug-likeness (QED) is 0.809.